The first-order valence-corrected chi connectivity index (χ1v) is 7.37. The summed E-state index contributed by atoms with van der Waals surface area (Å²) in [6, 6.07) is 7.01. The number of anilines is 1. The topological polar surface area (TPSA) is 95.7 Å². The van der Waals surface area contributed by atoms with Crippen molar-refractivity contribution < 1.29 is 8.42 Å². The van der Waals surface area contributed by atoms with Gasteiger partial charge in [0, 0.05) is 6.20 Å². The van der Waals surface area contributed by atoms with Crippen LogP contribution in [0.3, 0.4) is 0 Å². The van der Waals surface area contributed by atoms with E-state index < -0.39 is 10.0 Å². The van der Waals surface area contributed by atoms with Gasteiger partial charge in [-0.05, 0) is 24.3 Å². The standard InChI is InChI=1S/C11H6Cl2N4O2S/c12-9-5-8(2-1-7(9)6-14)20(18,19)17-11-15-4-3-10(13)16-11/h1-5H,(H,15,16,17). The number of nitrogens with one attached hydrogen (secondary N) is 1. The van der Waals surface area contributed by atoms with Crippen molar-refractivity contribution in [2.45, 2.75) is 4.90 Å². The first kappa shape index (κ1) is 14.5. The van der Waals surface area contributed by atoms with Crippen molar-refractivity contribution in [2.24, 2.45) is 0 Å². The van der Waals surface area contributed by atoms with E-state index in [-0.39, 0.29) is 26.6 Å². The minimum absolute atomic E-state index is 0.0439. The van der Waals surface area contributed by atoms with E-state index in [2.05, 4.69) is 14.7 Å². The molecule has 1 N–H and O–H groups in total. The largest absolute Gasteiger partial charge is 0.264 e. The number of nitriles is 1. The van der Waals surface area contributed by atoms with Crippen molar-refractivity contribution in [1.82, 2.24) is 9.97 Å². The molecule has 2 rings (SSSR count). The van der Waals surface area contributed by atoms with Crippen molar-refractivity contribution in [1.29, 1.82) is 5.26 Å². The highest BCUT2D eigenvalue weighted by atomic mass is 35.5. The Morgan fingerprint density at radius 3 is 2.60 bits per heavy atom. The summed E-state index contributed by atoms with van der Waals surface area (Å²) in [6.07, 6.45) is 1.32. The molecule has 0 spiro atoms. The van der Waals surface area contributed by atoms with E-state index in [1.807, 2.05) is 6.07 Å². The Bertz CT molecular complexity index is 802. The first-order valence-electron chi connectivity index (χ1n) is 5.13. The second kappa shape index (κ2) is 5.63. The van der Waals surface area contributed by atoms with Crippen molar-refractivity contribution in [3.05, 3.63) is 46.2 Å². The summed E-state index contributed by atoms with van der Waals surface area (Å²) in [5.41, 5.74) is 0.185. The molecular formula is C11H6Cl2N4O2S. The molecule has 1 aromatic carbocycles. The Labute approximate surface area is 125 Å². The van der Waals surface area contributed by atoms with Gasteiger partial charge in [0.1, 0.15) is 11.2 Å². The van der Waals surface area contributed by atoms with Gasteiger partial charge in [0.25, 0.3) is 10.0 Å². The maximum atomic E-state index is 12.1. The van der Waals surface area contributed by atoms with Gasteiger partial charge in [-0.2, -0.15) is 5.26 Å². The number of rotatable bonds is 3. The lowest BCUT2D eigenvalue weighted by Gasteiger charge is -2.07. The van der Waals surface area contributed by atoms with Gasteiger partial charge in [0.15, 0.2) is 0 Å². The Hall–Kier alpha value is -1.88. The van der Waals surface area contributed by atoms with E-state index >= 15 is 0 Å². The zero-order chi connectivity index (χ0) is 14.8. The Balaban J connectivity index is 2.36. The predicted octanol–water partition coefficient (Wildman–Crippen LogP) is 2.46. The average molecular weight is 329 g/mol. The molecule has 1 aromatic heterocycles. The van der Waals surface area contributed by atoms with Gasteiger partial charge in [-0.1, -0.05) is 23.2 Å². The molecule has 9 heteroatoms. The van der Waals surface area contributed by atoms with E-state index in [4.69, 9.17) is 28.5 Å². The van der Waals surface area contributed by atoms with Crippen LogP contribution in [-0.4, -0.2) is 18.4 Å². The van der Waals surface area contributed by atoms with Gasteiger partial charge in [-0.25, -0.2) is 23.1 Å². The SMILES string of the molecule is N#Cc1ccc(S(=O)(=O)Nc2nccc(Cl)n2)cc1Cl. The zero-order valence-electron chi connectivity index (χ0n) is 9.71. The monoisotopic (exact) mass is 328 g/mol. The summed E-state index contributed by atoms with van der Waals surface area (Å²) in [4.78, 5) is 7.35. The molecule has 0 fully saturated rings. The molecule has 0 bridgehead atoms. The van der Waals surface area contributed by atoms with Crippen molar-refractivity contribution >= 4 is 39.2 Å². The van der Waals surface area contributed by atoms with Crippen LogP contribution in [0.1, 0.15) is 5.56 Å². The van der Waals surface area contributed by atoms with Crippen LogP contribution in [0.2, 0.25) is 10.2 Å². The predicted molar refractivity (Wildman–Crippen MR) is 74.0 cm³/mol. The van der Waals surface area contributed by atoms with E-state index in [9.17, 15) is 8.42 Å². The molecule has 0 aliphatic heterocycles. The normalized spacial score (nSPS) is 10.8. The van der Waals surface area contributed by atoms with Crippen LogP contribution in [0.5, 0.6) is 0 Å². The lowest BCUT2D eigenvalue weighted by Crippen LogP contribution is -2.15. The number of sulfonamides is 1. The Morgan fingerprint density at radius 1 is 1.25 bits per heavy atom. The molecule has 1 heterocycles. The second-order valence-electron chi connectivity index (χ2n) is 3.56. The van der Waals surface area contributed by atoms with E-state index in [1.54, 1.807) is 0 Å². The molecule has 102 valence electrons. The lowest BCUT2D eigenvalue weighted by molar-refractivity contribution is 0.601. The van der Waals surface area contributed by atoms with Crippen molar-refractivity contribution in [3.8, 4) is 6.07 Å². The van der Waals surface area contributed by atoms with Gasteiger partial charge in [-0.3, -0.25) is 0 Å². The van der Waals surface area contributed by atoms with Crippen molar-refractivity contribution in [3.63, 3.8) is 0 Å². The van der Waals surface area contributed by atoms with Crippen LogP contribution in [0.15, 0.2) is 35.4 Å². The van der Waals surface area contributed by atoms with E-state index in [0.29, 0.717) is 0 Å². The molecule has 0 aliphatic carbocycles. The summed E-state index contributed by atoms with van der Waals surface area (Å²) < 4.78 is 26.3. The minimum Gasteiger partial charge on any atom is -0.247 e. The molecule has 0 atom stereocenters. The molecule has 0 amide bonds. The van der Waals surface area contributed by atoms with Crippen LogP contribution >= 0.6 is 23.2 Å². The van der Waals surface area contributed by atoms with Gasteiger partial charge in [0.2, 0.25) is 5.95 Å². The fraction of sp³-hybridized carbons (Fsp3) is 0. The van der Waals surface area contributed by atoms with Crippen LogP contribution in [-0.2, 0) is 10.0 Å². The first-order chi connectivity index (χ1) is 9.42. The molecule has 0 radical (unpaired) electrons. The summed E-state index contributed by atoms with van der Waals surface area (Å²) in [5.74, 6) is -0.155. The third kappa shape index (κ3) is 3.17. The minimum atomic E-state index is -3.91. The maximum Gasteiger partial charge on any atom is 0.264 e. The Kier molecular flexibility index (Phi) is 4.09. The summed E-state index contributed by atoms with van der Waals surface area (Å²) in [5, 5.41) is 8.89. The fourth-order valence-corrected chi connectivity index (χ4v) is 2.72. The highest BCUT2D eigenvalue weighted by Crippen LogP contribution is 2.21. The van der Waals surface area contributed by atoms with E-state index in [1.165, 1.54) is 30.5 Å². The Morgan fingerprint density at radius 2 is 2.00 bits per heavy atom. The van der Waals surface area contributed by atoms with Gasteiger partial charge in [-0.15, -0.1) is 0 Å². The number of benzene rings is 1. The number of halogens is 2. The highest BCUT2D eigenvalue weighted by molar-refractivity contribution is 7.92. The van der Waals surface area contributed by atoms with Gasteiger partial charge in [0.05, 0.1) is 15.5 Å². The molecular weight excluding hydrogens is 323 g/mol. The molecule has 20 heavy (non-hydrogen) atoms. The van der Waals surface area contributed by atoms with Crippen LogP contribution in [0.4, 0.5) is 5.95 Å². The molecule has 0 aliphatic rings. The highest BCUT2D eigenvalue weighted by Gasteiger charge is 2.17. The summed E-state index contributed by atoms with van der Waals surface area (Å²) >= 11 is 11.4. The van der Waals surface area contributed by atoms with Gasteiger partial charge >= 0.3 is 0 Å². The lowest BCUT2D eigenvalue weighted by atomic mass is 10.2. The number of aromatic nitrogens is 2. The third-order valence-electron chi connectivity index (χ3n) is 2.22. The number of nitrogens with zero attached hydrogens (tertiary/aromatic N) is 3. The molecule has 6 nitrogen and oxygen atoms in total. The second-order valence-corrected chi connectivity index (χ2v) is 6.04. The van der Waals surface area contributed by atoms with E-state index in [0.717, 1.165) is 0 Å². The van der Waals surface area contributed by atoms with Crippen LogP contribution in [0, 0.1) is 11.3 Å². The third-order valence-corrected chi connectivity index (χ3v) is 4.07. The smallest absolute Gasteiger partial charge is 0.247 e. The zero-order valence-corrected chi connectivity index (χ0v) is 12.0. The van der Waals surface area contributed by atoms with Crippen LogP contribution in [0.25, 0.3) is 0 Å². The summed E-state index contributed by atoms with van der Waals surface area (Å²) in [7, 11) is -3.91. The van der Waals surface area contributed by atoms with Gasteiger partial charge < -0.3 is 0 Å². The number of hydrogen-bond donors (Lipinski definition) is 1. The summed E-state index contributed by atoms with van der Waals surface area (Å²) in [6.45, 7) is 0. The molecule has 0 unspecified atom stereocenters. The fourth-order valence-electron chi connectivity index (χ4n) is 1.32. The maximum absolute atomic E-state index is 12.1. The molecule has 2 aromatic rings. The molecule has 0 saturated carbocycles. The quantitative estimate of drug-likeness (QED) is 0.873. The van der Waals surface area contributed by atoms with Crippen molar-refractivity contribution in [2.75, 3.05) is 4.72 Å². The number of hydrogen-bond acceptors (Lipinski definition) is 5. The molecule has 0 saturated heterocycles. The average Bonchev–Trinajstić information content (AvgIpc) is 2.38. The van der Waals surface area contributed by atoms with Crippen LogP contribution < -0.4 is 4.72 Å².